The highest BCUT2D eigenvalue weighted by Gasteiger charge is 2.06. The summed E-state index contributed by atoms with van der Waals surface area (Å²) in [6.07, 6.45) is 2.16. The summed E-state index contributed by atoms with van der Waals surface area (Å²) in [5.74, 6) is -0.161. The molecule has 0 aliphatic carbocycles. The van der Waals surface area contributed by atoms with Crippen molar-refractivity contribution in [2.75, 3.05) is 6.61 Å². The summed E-state index contributed by atoms with van der Waals surface area (Å²) in [7, 11) is 0. The highest BCUT2D eigenvalue weighted by atomic mass is 16.5. The summed E-state index contributed by atoms with van der Waals surface area (Å²) >= 11 is 0. The summed E-state index contributed by atoms with van der Waals surface area (Å²) in [5.41, 5.74) is 1.19. The molecule has 0 fully saturated rings. The molecule has 0 unspecified atom stereocenters. The number of ether oxygens (including phenoxy) is 1. The number of carboxylic acid groups (broad SMARTS) is 1. The van der Waals surface area contributed by atoms with Crippen molar-refractivity contribution in [2.24, 2.45) is 0 Å². The van der Waals surface area contributed by atoms with Gasteiger partial charge in [-0.05, 0) is 25.5 Å². The van der Waals surface area contributed by atoms with Crippen molar-refractivity contribution in [3.63, 3.8) is 0 Å². The predicted octanol–water partition coefficient (Wildman–Crippen LogP) is 2.96. The molecule has 0 saturated heterocycles. The number of hydrogen-bond donors (Lipinski definition) is 1. The van der Waals surface area contributed by atoms with E-state index in [9.17, 15) is 4.79 Å². The normalized spacial score (nSPS) is 11.2. The van der Waals surface area contributed by atoms with Crippen LogP contribution in [-0.2, 0) is 4.79 Å². The monoisotopic (exact) mass is 220 g/mol. The molecule has 0 amide bonds. The van der Waals surface area contributed by atoms with Gasteiger partial charge in [-0.15, -0.1) is 0 Å². The Balaban J connectivity index is 3.07. The fourth-order valence-corrected chi connectivity index (χ4v) is 1.39. The van der Waals surface area contributed by atoms with E-state index in [0.29, 0.717) is 18.6 Å². The summed E-state index contributed by atoms with van der Waals surface area (Å²) < 4.78 is 5.42. The summed E-state index contributed by atoms with van der Waals surface area (Å²) in [5, 5.41) is 8.95. The lowest BCUT2D eigenvalue weighted by molar-refractivity contribution is -0.132. The van der Waals surface area contributed by atoms with E-state index >= 15 is 0 Å². The van der Waals surface area contributed by atoms with Crippen molar-refractivity contribution in [3.05, 3.63) is 35.4 Å². The predicted molar refractivity (Wildman–Crippen MR) is 63.5 cm³/mol. The Morgan fingerprint density at radius 1 is 1.38 bits per heavy atom. The lowest BCUT2D eigenvalue weighted by Gasteiger charge is -2.07. The number of benzene rings is 1. The molecule has 1 aromatic carbocycles. The second-order valence-corrected chi connectivity index (χ2v) is 3.30. The van der Waals surface area contributed by atoms with Gasteiger partial charge in [-0.25, -0.2) is 4.79 Å². The van der Waals surface area contributed by atoms with Gasteiger partial charge in [0, 0.05) is 11.1 Å². The first-order valence-electron chi connectivity index (χ1n) is 5.34. The second-order valence-electron chi connectivity index (χ2n) is 3.30. The van der Waals surface area contributed by atoms with Crippen molar-refractivity contribution in [1.29, 1.82) is 0 Å². The second kappa shape index (κ2) is 5.95. The molecule has 16 heavy (non-hydrogen) atoms. The lowest BCUT2D eigenvalue weighted by Crippen LogP contribution is -2.00. The third-order valence-electron chi connectivity index (χ3n) is 2.20. The first kappa shape index (κ1) is 12.3. The van der Waals surface area contributed by atoms with Gasteiger partial charge < -0.3 is 9.84 Å². The van der Waals surface area contributed by atoms with Crippen LogP contribution in [0.2, 0.25) is 0 Å². The van der Waals surface area contributed by atoms with Crippen LogP contribution in [0.3, 0.4) is 0 Å². The molecule has 1 rings (SSSR count). The van der Waals surface area contributed by atoms with Gasteiger partial charge in [0.15, 0.2) is 0 Å². The molecule has 0 bridgehead atoms. The molecule has 0 aromatic heterocycles. The van der Waals surface area contributed by atoms with E-state index in [2.05, 4.69) is 0 Å². The standard InChI is InChI=1S/C13H16O3/c1-3-10(13(14)15)9-11-7-5-6-8-12(11)16-4-2/h5-9H,3-4H2,1-2H3,(H,14,15)/b10-9+. The number of para-hydroxylation sites is 1. The van der Waals surface area contributed by atoms with Crippen LogP contribution in [0.5, 0.6) is 5.75 Å². The molecule has 3 nitrogen and oxygen atoms in total. The Labute approximate surface area is 95.4 Å². The van der Waals surface area contributed by atoms with E-state index < -0.39 is 5.97 Å². The molecule has 0 saturated carbocycles. The molecule has 1 N–H and O–H groups in total. The Kier molecular flexibility index (Phi) is 4.58. The Bertz CT molecular complexity index is 394. The maximum Gasteiger partial charge on any atom is 0.331 e. The minimum absolute atomic E-state index is 0.382. The zero-order chi connectivity index (χ0) is 12.0. The zero-order valence-electron chi connectivity index (χ0n) is 9.56. The SMILES string of the molecule is CCOc1ccccc1/C=C(\CC)C(=O)O. The van der Waals surface area contributed by atoms with E-state index in [0.717, 1.165) is 11.3 Å². The molecule has 0 atom stereocenters. The van der Waals surface area contributed by atoms with Crippen LogP contribution < -0.4 is 4.74 Å². The van der Waals surface area contributed by atoms with Gasteiger partial charge in [0.25, 0.3) is 0 Å². The molecule has 1 aromatic rings. The van der Waals surface area contributed by atoms with Gasteiger partial charge in [-0.3, -0.25) is 0 Å². The molecule has 0 aliphatic rings. The molecule has 0 spiro atoms. The van der Waals surface area contributed by atoms with E-state index in [1.54, 1.807) is 6.08 Å². The molecule has 0 heterocycles. The average molecular weight is 220 g/mol. The van der Waals surface area contributed by atoms with Crippen LogP contribution in [0, 0.1) is 0 Å². The van der Waals surface area contributed by atoms with Crippen LogP contribution in [-0.4, -0.2) is 17.7 Å². The first-order valence-corrected chi connectivity index (χ1v) is 5.34. The van der Waals surface area contributed by atoms with Crippen molar-refractivity contribution in [2.45, 2.75) is 20.3 Å². The highest BCUT2D eigenvalue weighted by molar-refractivity contribution is 5.92. The van der Waals surface area contributed by atoms with Gasteiger partial charge in [-0.2, -0.15) is 0 Å². The highest BCUT2D eigenvalue weighted by Crippen LogP contribution is 2.21. The van der Waals surface area contributed by atoms with Crippen LogP contribution in [0.15, 0.2) is 29.8 Å². The number of carboxylic acids is 1. The van der Waals surface area contributed by atoms with Crippen molar-refractivity contribution >= 4 is 12.0 Å². The van der Waals surface area contributed by atoms with Gasteiger partial charge >= 0.3 is 5.97 Å². The van der Waals surface area contributed by atoms with Crippen molar-refractivity contribution in [1.82, 2.24) is 0 Å². The molecule has 3 heteroatoms. The molecular weight excluding hydrogens is 204 g/mol. The number of hydrogen-bond acceptors (Lipinski definition) is 2. The lowest BCUT2D eigenvalue weighted by atomic mass is 10.1. The number of rotatable bonds is 5. The van der Waals surface area contributed by atoms with Gasteiger partial charge in [0.2, 0.25) is 0 Å². The zero-order valence-corrected chi connectivity index (χ0v) is 9.56. The van der Waals surface area contributed by atoms with Crippen LogP contribution in [0.1, 0.15) is 25.8 Å². The number of carbonyl (C=O) groups is 1. The smallest absolute Gasteiger partial charge is 0.331 e. The minimum atomic E-state index is -0.881. The van der Waals surface area contributed by atoms with E-state index in [-0.39, 0.29) is 0 Å². The van der Waals surface area contributed by atoms with E-state index in [1.165, 1.54) is 0 Å². The fraction of sp³-hybridized carbons (Fsp3) is 0.308. The fourth-order valence-electron chi connectivity index (χ4n) is 1.39. The quantitative estimate of drug-likeness (QED) is 0.776. The van der Waals surface area contributed by atoms with E-state index in [1.807, 2.05) is 38.1 Å². The third-order valence-corrected chi connectivity index (χ3v) is 2.20. The topological polar surface area (TPSA) is 46.5 Å². The summed E-state index contributed by atoms with van der Waals surface area (Å²) in [4.78, 5) is 10.9. The molecular formula is C13H16O3. The van der Waals surface area contributed by atoms with Crippen molar-refractivity contribution in [3.8, 4) is 5.75 Å². The molecule has 0 aliphatic heterocycles. The Morgan fingerprint density at radius 3 is 2.62 bits per heavy atom. The van der Waals surface area contributed by atoms with Crippen molar-refractivity contribution < 1.29 is 14.6 Å². The summed E-state index contributed by atoms with van der Waals surface area (Å²) in [6.45, 7) is 4.29. The van der Waals surface area contributed by atoms with Crippen LogP contribution in [0.4, 0.5) is 0 Å². The van der Waals surface area contributed by atoms with Gasteiger partial charge in [0.05, 0.1) is 6.61 Å². The largest absolute Gasteiger partial charge is 0.493 e. The Morgan fingerprint density at radius 2 is 2.06 bits per heavy atom. The Hall–Kier alpha value is -1.77. The van der Waals surface area contributed by atoms with Gasteiger partial charge in [-0.1, -0.05) is 25.1 Å². The average Bonchev–Trinajstić information content (AvgIpc) is 2.27. The molecule has 86 valence electrons. The number of aliphatic carboxylic acids is 1. The molecule has 0 radical (unpaired) electrons. The maximum atomic E-state index is 10.9. The van der Waals surface area contributed by atoms with Crippen LogP contribution in [0.25, 0.3) is 6.08 Å². The first-order chi connectivity index (χ1) is 7.69. The van der Waals surface area contributed by atoms with Gasteiger partial charge in [0.1, 0.15) is 5.75 Å². The maximum absolute atomic E-state index is 10.9. The summed E-state index contributed by atoms with van der Waals surface area (Å²) in [6, 6.07) is 7.42. The third kappa shape index (κ3) is 3.12. The minimum Gasteiger partial charge on any atom is -0.493 e. The van der Waals surface area contributed by atoms with E-state index in [4.69, 9.17) is 9.84 Å². The van der Waals surface area contributed by atoms with Crippen LogP contribution >= 0.6 is 0 Å².